The van der Waals surface area contributed by atoms with Crippen molar-refractivity contribution in [2.75, 3.05) is 0 Å². The Hall–Kier alpha value is -1.39. The van der Waals surface area contributed by atoms with E-state index < -0.39 is 5.82 Å². The average molecular weight is 450 g/mol. The zero-order chi connectivity index (χ0) is 21.3. The molecule has 1 unspecified atom stereocenters. The second-order valence-corrected chi connectivity index (χ2v) is 11.7. The lowest BCUT2D eigenvalue weighted by Crippen LogP contribution is -2.21. The Kier molecular flexibility index (Phi) is 9.20. The number of halogens is 3. The Bertz CT molecular complexity index is 773. The maximum atomic E-state index is 14.7. The van der Waals surface area contributed by atoms with Gasteiger partial charge in [-0.25, -0.2) is 4.39 Å². The molecule has 1 aliphatic heterocycles. The van der Waals surface area contributed by atoms with Crippen LogP contribution in [0.3, 0.4) is 0 Å². The van der Waals surface area contributed by atoms with Gasteiger partial charge in [0.1, 0.15) is 11.6 Å². The average Bonchev–Trinajstić information content (AvgIpc) is 2.74. The van der Waals surface area contributed by atoms with Gasteiger partial charge in [0.2, 0.25) is 0 Å². The fourth-order valence-corrected chi connectivity index (χ4v) is 7.52. The molecule has 2 aromatic rings. The van der Waals surface area contributed by atoms with Crippen molar-refractivity contribution in [2.24, 2.45) is 5.92 Å². The van der Waals surface area contributed by atoms with E-state index in [1.807, 2.05) is 12.1 Å². The van der Waals surface area contributed by atoms with Crippen molar-refractivity contribution >= 4 is 20.4 Å². The van der Waals surface area contributed by atoms with Gasteiger partial charge in [0, 0.05) is 14.4 Å². The Balaban J connectivity index is 1.49. The Morgan fingerprint density at radius 3 is 2.47 bits per heavy atom. The van der Waals surface area contributed by atoms with E-state index in [4.69, 9.17) is 16.3 Å². The molecule has 3 rings (SSSR count). The normalized spacial score (nSPS) is 16.5. The third-order valence-corrected chi connectivity index (χ3v) is 9.26. The molecule has 2 aromatic carbocycles. The minimum atomic E-state index is -1.88. The summed E-state index contributed by atoms with van der Waals surface area (Å²) in [6.45, 7) is 2.27. The maximum absolute atomic E-state index is 14.7. The van der Waals surface area contributed by atoms with Crippen LogP contribution < -0.4 is 4.74 Å². The predicted octanol–water partition coefficient (Wildman–Crippen LogP) is 8.39. The highest BCUT2D eigenvalue weighted by atomic mass is 35.5. The first-order valence-corrected chi connectivity index (χ1v) is 13.8. The molecule has 1 fully saturated rings. The first-order valence-electron chi connectivity index (χ1n) is 11.2. The Morgan fingerprint density at radius 2 is 1.83 bits per heavy atom. The van der Waals surface area contributed by atoms with E-state index in [2.05, 4.69) is 6.92 Å². The van der Waals surface area contributed by atoms with Crippen molar-refractivity contribution in [3.05, 3.63) is 53.8 Å². The first kappa shape index (κ1) is 23.3. The van der Waals surface area contributed by atoms with Gasteiger partial charge >= 0.3 is 5.82 Å². The quantitative estimate of drug-likeness (QED) is 0.201. The van der Waals surface area contributed by atoms with Crippen LogP contribution in [-0.2, 0) is 6.42 Å². The molecule has 0 aliphatic carbocycles. The van der Waals surface area contributed by atoms with E-state index in [9.17, 15) is 8.78 Å². The summed E-state index contributed by atoms with van der Waals surface area (Å²) in [5, 5.41) is 0. The molecular weight excluding hydrogens is 418 g/mol. The fourth-order valence-electron chi connectivity index (χ4n) is 4.39. The van der Waals surface area contributed by atoms with Gasteiger partial charge in [0.05, 0.1) is 0 Å². The van der Waals surface area contributed by atoms with Crippen LogP contribution >= 0.6 is 11.6 Å². The van der Waals surface area contributed by atoms with E-state index >= 15 is 0 Å². The van der Waals surface area contributed by atoms with Crippen LogP contribution in [0, 0.1) is 11.7 Å². The van der Waals surface area contributed by atoms with Gasteiger partial charge in [-0.3, -0.25) is 0 Å². The summed E-state index contributed by atoms with van der Waals surface area (Å²) < 4.78 is 32.2. The highest BCUT2D eigenvalue weighted by Crippen LogP contribution is 2.32. The lowest BCUT2D eigenvalue weighted by molar-refractivity contribution is 0.147. The summed E-state index contributed by atoms with van der Waals surface area (Å²) in [5.74, 6) is -0.814. The number of rotatable bonds is 10. The minimum absolute atomic E-state index is 0.210. The van der Waals surface area contributed by atoms with Gasteiger partial charge < -0.3 is 4.74 Å². The van der Waals surface area contributed by atoms with Crippen molar-refractivity contribution in [3.8, 4) is 16.9 Å². The van der Waals surface area contributed by atoms with Crippen molar-refractivity contribution in [1.82, 2.24) is 0 Å². The number of ether oxygens (including phenoxy) is 1. The van der Waals surface area contributed by atoms with Crippen LogP contribution in [-0.4, -0.2) is 14.6 Å². The van der Waals surface area contributed by atoms with Gasteiger partial charge in [-0.2, -0.15) is 4.39 Å². The van der Waals surface area contributed by atoms with Crippen molar-refractivity contribution < 1.29 is 13.5 Å². The van der Waals surface area contributed by atoms with Crippen LogP contribution in [0.5, 0.6) is 5.75 Å². The SMILES string of the molecule is CCCCCC1CC[Si](CCc2ccc(-c3ccc(OC(F)Cl)cc3)c(F)c2)CC1. The summed E-state index contributed by atoms with van der Waals surface area (Å²) in [5.41, 5.74) is 2.38. The molecule has 0 saturated carbocycles. The van der Waals surface area contributed by atoms with Crippen LogP contribution in [0.1, 0.15) is 51.0 Å². The van der Waals surface area contributed by atoms with Gasteiger partial charge in [0.25, 0.3) is 0 Å². The van der Waals surface area contributed by atoms with E-state index in [0.717, 1.165) is 23.5 Å². The molecule has 0 N–H and O–H groups in total. The van der Waals surface area contributed by atoms with E-state index in [1.54, 1.807) is 30.3 Å². The molecule has 0 aromatic heterocycles. The highest BCUT2D eigenvalue weighted by Gasteiger charge is 2.22. The predicted molar refractivity (Wildman–Crippen MR) is 124 cm³/mol. The molecule has 0 bridgehead atoms. The second kappa shape index (κ2) is 11.9. The Labute approximate surface area is 186 Å². The molecule has 1 saturated heterocycles. The molecule has 1 heterocycles. The number of hydrogen-bond acceptors (Lipinski definition) is 1. The van der Waals surface area contributed by atoms with E-state index in [0.29, 0.717) is 11.3 Å². The van der Waals surface area contributed by atoms with Crippen LogP contribution in [0.2, 0.25) is 18.1 Å². The largest absolute Gasteiger partial charge is 0.447 e. The molecule has 30 heavy (non-hydrogen) atoms. The zero-order valence-electron chi connectivity index (χ0n) is 17.8. The topological polar surface area (TPSA) is 9.23 Å². The number of unbranched alkanes of at least 4 members (excludes halogenated alkanes) is 2. The lowest BCUT2D eigenvalue weighted by atomic mass is 9.96. The van der Waals surface area contributed by atoms with Crippen molar-refractivity contribution in [3.63, 3.8) is 0 Å². The smallest absolute Gasteiger partial charge is 0.316 e. The number of aryl methyl sites for hydroxylation is 1. The van der Waals surface area contributed by atoms with Gasteiger partial charge in [-0.05, 0) is 53.3 Å². The van der Waals surface area contributed by atoms with E-state index in [1.165, 1.54) is 56.7 Å². The second-order valence-electron chi connectivity index (χ2n) is 8.41. The molecule has 1 aliphatic rings. The summed E-state index contributed by atoms with van der Waals surface area (Å²) in [7, 11) is -0.275. The molecule has 1 radical (unpaired) electrons. The van der Waals surface area contributed by atoms with E-state index in [-0.39, 0.29) is 14.6 Å². The maximum Gasteiger partial charge on any atom is 0.316 e. The summed E-state index contributed by atoms with van der Waals surface area (Å²) >= 11 is 5.18. The van der Waals surface area contributed by atoms with Gasteiger partial charge in [0.15, 0.2) is 0 Å². The van der Waals surface area contributed by atoms with Crippen molar-refractivity contribution in [1.29, 1.82) is 0 Å². The van der Waals surface area contributed by atoms with Crippen LogP contribution in [0.4, 0.5) is 8.78 Å². The minimum Gasteiger partial charge on any atom is -0.447 e. The van der Waals surface area contributed by atoms with Gasteiger partial charge in [-0.1, -0.05) is 87.8 Å². The standard InChI is InChI=1S/C25H32ClF2OSi/c1-2-3-4-5-19-12-15-30(16-13-19)17-14-20-6-11-23(24(27)18-20)21-7-9-22(10-8-21)29-25(26)28/h6-11,18-19,25H,2-5,12-17H2,1H3. The van der Waals surface area contributed by atoms with Crippen LogP contribution in [0.15, 0.2) is 42.5 Å². The molecule has 0 amide bonds. The molecule has 0 spiro atoms. The first-order chi connectivity index (χ1) is 14.5. The molecule has 1 atom stereocenters. The van der Waals surface area contributed by atoms with Crippen LogP contribution in [0.25, 0.3) is 11.1 Å². The Morgan fingerprint density at radius 1 is 1.10 bits per heavy atom. The number of benzene rings is 2. The number of hydrogen-bond donors (Lipinski definition) is 0. The lowest BCUT2D eigenvalue weighted by Gasteiger charge is -2.27. The third kappa shape index (κ3) is 7.09. The molecule has 1 nitrogen and oxygen atoms in total. The van der Waals surface area contributed by atoms with Crippen molar-refractivity contribution in [2.45, 2.75) is 75.8 Å². The van der Waals surface area contributed by atoms with Gasteiger partial charge in [-0.15, -0.1) is 0 Å². The number of alkyl halides is 2. The zero-order valence-corrected chi connectivity index (χ0v) is 19.6. The molecular formula is C25H32ClF2OSi. The third-order valence-electron chi connectivity index (χ3n) is 6.22. The monoisotopic (exact) mass is 449 g/mol. The highest BCUT2D eigenvalue weighted by molar-refractivity contribution is 6.59. The summed E-state index contributed by atoms with van der Waals surface area (Å²) in [6.07, 6.45) is 9.31. The fraction of sp³-hybridized carbons (Fsp3) is 0.520. The molecule has 163 valence electrons. The summed E-state index contributed by atoms with van der Waals surface area (Å²) in [6, 6.07) is 16.3. The summed E-state index contributed by atoms with van der Waals surface area (Å²) in [4.78, 5) is 0. The molecule has 5 heteroatoms.